The fourth-order valence-electron chi connectivity index (χ4n) is 3.44. The highest BCUT2D eigenvalue weighted by atomic mass is 32.2. The van der Waals surface area contributed by atoms with E-state index in [4.69, 9.17) is 4.52 Å². The molecule has 1 aromatic rings. The molecule has 0 aromatic carbocycles. The number of piperazine rings is 1. The van der Waals surface area contributed by atoms with Gasteiger partial charge in [0.15, 0.2) is 15.5 Å². The minimum Gasteiger partial charge on any atom is -0.364 e. The van der Waals surface area contributed by atoms with E-state index in [9.17, 15) is 13.2 Å². The van der Waals surface area contributed by atoms with Gasteiger partial charge in [-0.15, -0.1) is 0 Å². The lowest BCUT2D eigenvalue weighted by molar-refractivity contribution is 0.0289. The first-order chi connectivity index (χ1) is 10.4. The quantitative estimate of drug-likeness (QED) is 0.791. The van der Waals surface area contributed by atoms with E-state index in [1.807, 2.05) is 0 Å². The third kappa shape index (κ3) is 2.89. The van der Waals surface area contributed by atoms with Crippen molar-refractivity contribution in [2.75, 3.05) is 31.1 Å². The molecule has 0 N–H and O–H groups in total. The molecule has 1 amide bonds. The van der Waals surface area contributed by atoms with E-state index in [0.717, 1.165) is 6.54 Å². The van der Waals surface area contributed by atoms with E-state index >= 15 is 0 Å². The van der Waals surface area contributed by atoms with Gasteiger partial charge in [0.25, 0.3) is 5.91 Å². The Hall–Kier alpha value is -1.41. The van der Waals surface area contributed by atoms with Crippen molar-refractivity contribution in [2.24, 2.45) is 5.92 Å². The summed E-state index contributed by atoms with van der Waals surface area (Å²) in [6.07, 6.45) is 1.35. The highest BCUT2D eigenvalue weighted by Crippen LogP contribution is 2.28. The highest BCUT2D eigenvalue weighted by Gasteiger charge is 2.48. The summed E-state index contributed by atoms with van der Waals surface area (Å²) in [6, 6.07) is 1.11. The Bertz CT molecular complexity index is 641. The SMILES string of the molecule is CC(C)CN1CCN(C(=O)c2ccon2)[C@@H]2CS(=O)(=O)C[C@@H]21. The van der Waals surface area contributed by atoms with Gasteiger partial charge in [0.05, 0.1) is 17.5 Å². The van der Waals surface area contributed by atoms with Crippen LogP contribution >= 0.6 is 0 Å². The van der Waals surface area contributed by atoms with Crippen LogP contribution in [0.4, 0.5) is 0 Å². The maximum absolute atomic E-state index is 12.5. The number of hydrogen-bond donors (Lipinski definition) is 0. The lowest BCUT2D eigenvalue weighted by Crippen LogP contribution is -2.61. The fraction of sp³-hybridized carbons (Fsp3) is 0.714. The van der Waals surface area contributed by atoms with Crippen LogP contribution in [0, 0.1) is 5.92 Å². The van der Waals surface area contributed by atoms with E-state index in [1.54, 1.807) is 4.90 Å². The summed E-state index contributed by atoms with van der Waals surface area (Å²) in [5.74, 6) is 0.384. The van der Waals surface area contributed by atoms with Crippen LogP contribution < -0.4 is 0 Å². The molecule has 2 atom stereocenters. The summed E-state index contributed by atoms with van der Waals surface area (Å²) in [7, 11) is -3.11. The zero-order chi connectivity index (χ0) is 15.9. The van der Waals surface area contributed by atoms with Crippen molar-refractivity contribution in [1.29, 1.82) is 0 Å². The molecule has 3 heterocycles. The van der Waals surface area contributed by atoms with Crippen molar-refractivity contribution in [2.45, 2.75) is 25.9 Å². The first kappa shape index (κ1) is 15.5. The van der Waals surface area contributed by atoms with E-state index < -0.39 is 9.84 Å². The van der Waals surface area contributed by atoms with Gasteiger partial charge in [0.2, 0.25) is 0 Å². The number of carbonyl (C=O) groups excluding carboxylic acids is 1. The lowest BCUT2D eigenvalue weighted by Gasteiger charge is -2.44. The minimum absolute atomic E-state index is 0.0376. The van der Waals surface area contributed by atoms with E-state index in [0.29, 0.717) is 19.0 Å². The first-order valence-electron chi connectivity index (χ1n) is 7.53. The van der Waals surface area contributed by atoms with Gasteiger partial charge in [-0.3, -0.25) is 9.69 Å². The molecule has 0 spiro atoms. The molecule has 1 aromatic heterocycles. The van der Waals surface area contributed by atoms with Gasteiger partial charge in [-0.1, -0.05) is 19.0 Å². The van der Waals surface area contributed by atoms with Crippen molar-refractivity contribution in [1.82, 2.24) is 15.0 Å². The van der Waals surface area contributed by atoms with Crippen LogP contribution in [0.15, 0.2) is 16.9 Å². The van der Waals surface area contributed by atoms with Crippen molar-refractivity contribution in [3.63, 3.8) is 0 Å². The Morgan fingerprint density at radius 1 is 1.36 bits per heavy atom. The summed E-state index contributed by atoms with van der Waals surface area (Å²) in [5.41, 5.74) is 0.236. The predicted molar refractivity (Wildman–Crippen MR) is 80.2 cm³/mol. The summed E-state index contributed by atoms with van der Waals surface area (Å²) < 4.78 is 28.9. The van der Waals surface area contributed by atoms with E-state index in [1.165, 1.54) is 12.3 Å². The Morgan fingerprint density at radius 2 is 2.09 bits per heavy atom. The van der Waals surface area contributed by atoms with Crippen molar-refractivity contribution >= 4 is 15.7 Å². The normalized spacial score (nSPS) is 28.0. The topological polar surface area (TPSA) is 83.7 Å². The number of fused-ring (bicyclic) bond motifs is 1. The molecule has 0 unspecified atom stereocenters. The van der Waals surface area contributed by atoms with Gasteiger partial charge in [-0.05, 0) is 5.92 Å². The molecular formula is C14H21N3O4S. The molecule has 2 saturated heterocycles. The van der Waals surface area contributed by atoms with Crippen molar-refractivity contribution < 1.29 is 17.7 Å². The minimum atomic E-state index is -3.11. The van der Waals surface area contributed by atoms with E-state index in [2.05, 4.69) is 23.9 Å². The van der Waals surface area contributed by atoms with Crippen LogP contribution in [0.2, 0.25) is 0 Å². The van der Waals surface area contributed by atoms with Crippen LogP contribution in [-0.4, -0.2) is 72.5 Å². The molecule has 2 fully saturated rings. The molecule has 0 saturated carbocycles. The smallest absolute Gasteiger partial charge is 0.276 e. The molecule has 22 heavy (non-hydrogen) atoms. The molecule has 122 valence electrons. The van der Waals surface area contributed by atoms with E-state index in [-0.39, 0.29) is 35.2 Å². The van der Waals surface area contributed by atoms with Gasteiger partial charge >= 0.3 is 0 Å². The largest absolute Gasteiger partial charge is 0.364 e. The van der Waals surface area contributed by atoms with Crippen LogP contribution in [0.1, 0.15) is 24.3 Å². The van der Waals surface area contributed by atoms with Crippen molar-refractivity contribution in [3.8, 4) is 0 Å². The lowest BCUT2D eigenvalue weighted by atomic mass is 10.0. The van der Waals surface area contributed by atoms with Gasteiger partial charge in [0.1, 0.15) is 6.26 Å². The predicted octanol–water partition coefficient (Wildman–Crippen LogP) is 0.254. The van der Waals surface area contributed by atoms with Gasteiger partial charge < -0.3 is 9.42 Å². The number of carbonyl (C=O) groups is 1. The Labute approximate surface area is 130 Å². The number of amides is 1. The fourth-order valence-corrected chi connectivity index (χ4v) is 5.45. The molecule has 2 aliphatic heterocycles. The van der Waals surface area contributed by atoms with Gasteiger partial charge in [0, 0.05) is 31.7 Å². The van der Waals surface area contributed by atoms with Gasteiger partial charge in [-0.25, -0.2) is 8.42 Å². The highest BCUT2D eigenvalue weighted by molar-refractivity contribution is 7.91. The third-order valence-corrected chi connectivity index (χ3v) is 6.01. The number of nitrogens with zero attached hydrogens (tertiary/aromatic N) is 3. The maximum atomic E-state index is 12.5. The maximum Gasteiger partial charge on any atom is 0.276 e. The average Bonchev–Trinajstić information content (AvgIpc) is 3.04. The molecule has 2 aliphatic rings. The molecule has 8 heteroatoms. The van der Waals surface area contributed by atoms with Crippen LogP contribution in [0.3, 0.4) is 0 Å². The van der Waals surface area contributed by atoms with Crippen LogP contribution in [0.5, 0.6) is 0 Å². The molecule has 7 nitrogen and oxygen atoms in total. The molecule has 0 bridgehead atoms. The Kier molecular flexibility index (Phi) is 3.98. The number of rotatable bonds is 3. The molecular weight excluding hydrogens is 306 g/mol. The summed E-state index contributed by atoms with van der Waals surface area (Å²) >= 11 is 0. The van der Waals surface area contributed by atoms with Crippen LogP contribution in [0.25, 0.3) is 0 Å². The number of hydrogen-bond acceptors (Lipinski definition) is 6. The van der Waals surface area contributed by atoms with Gasteiger partial charge in [-0.2, -0.15) is 0 Å². The Balaban J connectivity index is 1.85. The second-order valence-electron chi connectivity index (χ2n) is 6.48. The zero-order valence-corrected chi connectivity index (χ0v) is 13.6. The molecule has 3 rings (SSSR count). The second-order valence-corrected chi connectivity index (χ2v) is 8.64. The monoisotopic (exact) mass is 327 g/mol. The third-order valence-electron chi connectivity index (χ3n) is 4.31. The molecule has 0 aliphatic carbocycles. The zero-order valence-electron chi connectivity index (χ0n) is 12.8. The number of aromatic nitrogens is 1. The molecule has 0 radical (unpaired) electrons. The van der Waals surface area contributed by atoms with Crippen LogP contribution in [-0.2, 0) is 9.84 Å². The average molecular weight is 327 g/mol. The summed E-state index contributed by atoms with van der Waals surface area (Å²) in [6.45, 7) is 6.30. The summed E-state index contributed by atoms with van der Waals surface area (Å²) in [4.78, 5) is 16.4. The number of sulfone groups is 1. The first-order valence-corrected chi connectivity index (χ1v) is 9.35. The van der Waals surface area contributed by atoms with Crippen molar-refractivity contribution in [3.05, 3.63) is 18.0 Å². The summed E-state index contributed by atoms with van der Waals surface area (Å²) in [5, 5.41) is 3.68. The second kappa shape index (κ2) is 5.66. The Morgan fingerprint density at radius 3 is 2.73 bits per heavy atom. The standard InChI is InChI=1S/C14H21N3O4S/c1-10(2)7-16-4-5-17(14(18)11-3-6-21-15-11)13-9-22(19,20)8-12(13)16/h3,6,10,12-13H,4-5,7-9H2,1-2H3/t12-,13+/m0/s1.